The SMILES string of the molecule is CC(C)CCCCCCCCCCCCCCCCCC(=O)O[C@H](COC(=O)CCCCCCCCC(C)C)COP(=O)(O)OCC(O)COP(=O)(O)OC[C@@H](COC(=O)CCCCCCCCCCCCCCCCC(C)C)OC(=O)CCCCCCCCCCCCCC(C)C. The van der Waals surface area contributed by atoms with Crippen molar-refractivity contribution in [1.29, 1.82) is 0 Å². The van der Waals surface area contributed by atoms with E-state index in [0.29, 0.717) is 31.6 Å². The molecule has 5 atom stereocenters. The first-order valence-corrected chi connectivity index (χ1v) is 43.7. The highest BCUT2D eigenvalue weighted by Crippen LogP contribution is 2.45. The molecule has 0 saturated carbocycles. The van der Waals surface area contributed by atoms with Crippen LogP contribution in [0.25, 0.3) is 0 Å². The molecule has 0 bridgehead atoms. The second-order valence-corrected chi connectivity index (χ2v) is 33.3. The number of ether oxygens (including phenoxy) is 4. The lowest BCUT2D eigenvalue weighted by Crippen LogP contribution is -2.30. The van der Waals surface area contributed by atoms with Crippen LogP contribution in [0.15, 0.2) is 0 Å². The van der Waals surface area contributed by atoms with E-state index in [9.17, 15) is 43.2 Å². The molecule has 17 nitrogen and oxygen atoms in total. The summed E-state index contributed by atoms with van der Waals surface area (Å²) >= 11 is 0. The summed E-state index contributed by atoms with van der Waals surface area (Å²) < 4.78 is 68.6. The molecular weight excluding hydrogens is 1280 g/mol. The van der Waals surface area contributed by atoms with Gasteiger partial charge in [0.05, 0.1) is 26.4 Å². The lowest BCUT2D eigenvalue weighted by Gasteiger charge is -2.21. The van der Waals surface area contributed by atoms with Gasteiger partial charge in [-0.05, 0) is 49.4 Å². The zero-order chi connectivity index (χ0) is 72.4. The molecule has 0 heterocycles. The molecule has 0 rings (SSSR count). The Morgan fingerprint density at radius 1 is 0.255 bits per heavy atom. The maximum absolute atomic E-state index is 13.1. The highest BCUT2D eigenvalue weighted by atomic mass is 31.2. The zero-order valence-electron chi connectivity index (χ0n) is 64.4. The fourth-order valence-corrected chi connectivity index (χ4v) is 13.7. The van der Waals surface area contributed by atoms with Gasteiger partial charge in [-0.1, -0.05) is 351 Å². The van der Waals surface area contributed by atoms with Crippen molar-refractivity contribution in [3.05, 3.63) is 0 Å². The van der Waals surface area contributed by atoms with Crippen LogP contribution in [-0.4, -0.2) is 96.7 Å². The van der Waals surface area contributed by atoms with Gasteiger partial charge in [0, 0.05) is 25.7 Å². The lowest BCUT2D eigenvalue weighted by atomic mass is 10.0. The monoisotopic (exact) mass is 1440 g/mol. The molecule has 0 aliphatic carbocycles. The van der Waals surface area contributed by atoms with Gasteiger partial charge in [0.1, 0.15) is 19.3 Å². The third-order valence-electron chi connectivity index (χ3n) is 18.3. The molecule has 0 aromatic carbocycles. The van der Waals surface area contributed by atoms with Gasteiger partial charge < -0.3 is 33.8 Å². The van der Waals surface area contributed by atoms with Crippen LogP contribution in [-0.2, 0) is 65.4 Å². The zero-order valence-corrected chi connectivity index (χ0v) is 66.2. The summed E-state index contributed by atoms with van der Waals surface area (Å²) in [6.45, 7) is 14.2. The molecule has 0 fully saturated rings. The number of phosphoric ester groups is 2. The summed E-state index contributed by atoms with van der Waals surface area (Å²) in [5.41, 5.74) is 0. The predicted molar refractivity (Wildman–Crippen MR) is 400 cm³/mol. The number of unbranched alkanes of at least 4 members (excludes halogenated alkanes) is 42. The first kappa shape index (κ1) is 96.1. The van der Waals surface area contributed by atoms with Crippen LogP contribution in [0, 0.1) is 23.7 Å². The minimum Gasteiger partial charge on any atom is -0.462 e. The smallest absolute Gasteiger partial charge is 0.462 e. The van der Waals surface area contributed by atoms with Crippen LogP contribution in [0.4, 0.5) is 0 Å². The molecule has 0 saturated heterocycles. The lowest BCUT2D eigenvalue weighted by molar-refractivity contribution is -0.161. The van der Waals surface area contributed by atoms with Crippen molar-refractivity contribution in [1.82, 2.24) is 0 Å². The van der Waals surface area contributed by atoms with E-state index in [4.69, 9.17) is 37.0 Å². The van der Waals surface area contributed by atoms with E-state index in [1.807, 2.05) is 0 Å². The second kappa shape index (κ2) is 68.2. The molecule has 3 N–H and O–H groups in total. The maximum Gasteiger partial charge on any atom is 0.472 e. The Morgan fingerprint density at radius 3 is 0.633 bits per heavy atom. The Labute approximate surface area is 600 Å². The van der Waals surface area contributed by atoms with Gasteiger partial charge in [-0.3, -0.25) is 37.3 Å². The van der Waals surface area contributed by atoms with Gasteiger partial charge >= 0.3 is 39.5 Å². The third kappa shape index (κ3) is 72.4. The second-order valence-electron chi connectivity index (χ2n) is 30.4. The summed E-state index contributed by atoms with van der Waals surface area (Å²) in [7, 11) is -9.92. The Morgan fingerprint density at radius 2 is 0.429 bits per heavy atom. The number of carbonyl (C=O) groups is 4. The summed E-state index contributed by atoms with van der Waals surface area (Å²) in [5.74, 6) is 0.928. The number of hydrogen-bond donors (Lipinski definition) is 3. The first-order valence-electron chi connectivity index (χ1n) is 40.7. The molecule has 0 radical (unpaired) electrons. The van der Waals surface area contributed by atoms with Crippen molar-refractivity contribution in [2.75, 3.05) is 39.6 Å². The molecule has 98 heavy (non-hydrogen) atoms. The standard InChI is InChI=1S/C79H154O17P2/c1-69(2)55-47-39-31-25-19-14-10-9-11-17-23-29-35-45-53-61-78(83)96-75(66-90-77(82)60-52-44-38-37-42-50-58-72(7)8)68-94-98(87,88)92-64-73(80)63-91-97(85,86)93-67-74(95-79(84)62-54-46-36-30-24-18-21-27-33-41-49-57-71(5)6)65-89-76(81)59-51-43-34-28-22-16-13-12-15-20-26-32-40-48-56-70(3)4/h69-75,80H,9-68H2,1-8H3,(H,85,86)(H,87,88)/t73?,74-,75-/m1/s1. The van der Waals surface area contributed by atoms with Crippen molar-refractivity contribution >= 4 is 39.5 Å². The molecule has 0 amide bonds. The highest BCUT2D eigenvalue weighted by Gasteiger charge is 2.30. The number of aliphatic hydroxyl groups excluding tert-OH is 1. The molecule has 0 aliphatic rings. The Hall–Kier alpha value is -1.94. The van der Waals surface area contributed by atoms with E-state index < -0.39 is 97.5 Å². The summed E-state index contributed by atoms with van der Waals surface area (Å²) in [5, 5.41) is 10.6. The van der Waals surface area contributed by atoms with Crippen molar-refractivity contribution < 1.29 is 80.2 Å². The molecular formula is C79H154O17P2. The van der Waals surface area contributed by atoms with Crippen molar-refractivity contribution in [2.24, 2.45) is 23.7 Å². The fraction of sp³-hybridized carbons (Fsp3) is 0.949. The molecule has 3 unspecified atom stereocenters. The van der Waals surface area contributed by atoms with Gasteiger partial charge in [-0.25, -0.2) is 9.13 Å². The summed E-state index contributed by atoms with van der Waals surface area (Å²) in [6.07, 6.45) is 54.3. The molecule has 0 aliphatic heterocycles. The van der Waals surface area contributed by atoms with E-state index in [-0.39, 0.29) is 25.7 Å². The van der Waals surface area contributed by atoms with Crippen LogP contribution < -0.4 is 0 Å². The van der Waals surface area contributed by atoms with E-state index in [1.54, 1.807) is 0 Å². The Kier molecular flexibility index (Phi) is 66.8. The summed E-state index contributed by atoms with van der Waals surface area (Å²) in [6, 6.07) is 0. The number of esters is 4. The first-order chi connectivity index (χ1) is 47.1. The van der Waals surface area contributed by atoms with Crippen LogP contribution in [0.3, 0.4) is 0 Å². The number of carbonyl (C=O) groups excluding carboxylic acids is 4. The van der Waals surface area contributed by atoms with Gasteiger partial charge in [0.2, 0.25) is 0 Å². The Bertz CT molecular complexity index is 1920. The molecule has 0 aromatic rings. The van der Waals surface area contributed by atoms with Crippen LogP contribution in [0.2, 0.25) is 0 Å². The number of phosphoric acid groups is 2. The number of rotatable bonds is 76. The molecule has 582 valence electrons. The quantitative estimate of drug-likeness (QED) is 0.0222. The molecule has 0 aromatic heterocycles. The van der Waals surface area contributed by atoms with E-state index in [1.165, 1.54) is 199 Å². The van der Waals surface area contributed by atoms with Crippen molar-refractivity contribution in [2.45, 2.75) is 420 Å². The van der Waals surface area contributed by atoms with Gasteiger partial charge in [0.25, 0.3) is 0 Å². The van der Waals surface area contributed by atoms with Crippen molar-refractivity contribution in [3.63, 3.8) is 0 Å². The topological polar surface area (TPSA) is 237 Å². The highest BCUT2D eigenvalue weighted by molar-refractivity contribution is 7.47. The average Bonchev–Trinajstić information content (AvgIpc) is 0.951. The summed E-state index contributed by atoms with van der Waals surface area (Å²) in [4.78, 5) is 72.9. The van der Waals surface area contributed by atoms with Gasteiger partial charge in [-0.2, -0.15) is 0 Å². The fourth-order valence-electron chi connectivity index (χ4n) is 12.1. The molecule has 0 spiro atoms. The largest absolute Gasteiger partial charge is 0.472 e. The van der Waals surface area contributed by atoms with Crippen LogP contribution in [0.5, 0.6) is 0 Å². The predicted octanol–water partition coefficient (Wildman–Crippen LogP) is 23.2. The van der Waals surface area contributed by atoms with Crippen molar-refractivity contribution in [3.8, 4) is 0 Å². The average molecular weight is 1440 g/mol. The minimum atomic E-state index is -4.96. The normalized spacial score (nSPS) is 14.1. The van der Waals surface area contributed by atoms with Crippen LogP contribution in [0.1, 0.15) is 402 Å². The maximum atomic E-state index is 13.1. The number of hydrogen-bond acceptors (Lipinski definition) is 15. The van der Waals surface area contributed by atoms with E-state index in [2.05, 4.69) is 55.4 Å². The third-order valence-corrected chi connectivity index (χ3v) is 20.2. The van der Waals surface area contributed by atoms with E-state index in [0.717, 1.165) is 114 Å². The van der Waals surface area contributed by atoms with Gasteiger partial charge in [0.15, 0.2) is 12.2 Å². The number of aliphatic hydroxyl groups is 1. The molecule has 19 heteroatoms. The minimum absolute atomic E-state index is 0.106. The van der Waals surface area contributed by atoms with Crippen LogP contribution >= 0.6 is 15.6 Å². The Balaban J connectivity index is 5.21. The van der Waals surface area contributed by atoms with Gasteiger partial charge in [-0.15, -0.1) is 0 Å². The van der Waals surface area contributed by atoms with E-state index >= 15 is 0 Å².